The van der Waals surface area contributed by atoms with Crippen LogP contribution in [0.1, 0.15) is 0 Å². The molecule has 2 aromatic carbocycles. The van der Waals surface area contributed by atoms with E-state index in [4.69, 9.17) is 15.0 Å². The molecule has 0 saturated carbocycles. The minimum atomic E-state index is -4.21. The maximum atomic E-state index is 10.9. The van der Waals surface area contributed by atoms with E-state index in [-0.39, 0.29) is 4.90 Å². The van der Waals surface area contributed by atoms with Gasteiger partial charge in [0.15, 0.2) is 5.75 Å². The molecule has 0 aromatic heterocycles. The van der Waals surface area contributed by atoms with Crippen LogP contribution in [0.15, 0.2) is 57.6 Å². The number of methoxy groups -OCH3 is 1. The van der Waals surface area contributed by atoms with Gasteiger partial charge in [0.1, 0.15) is 5.69 Å². The monoisotopic (exact) mass is 307 g/mol. The lowest BCUT2D eigenvalue weighted by atomic mass is 10.2. The molecule has 0 heterocycles. The predicted octanol–water partition coefficient (Wildman–Crippen LogP) is 2.94. The van der Waals surface area contributed by atoms with Crippen molar-refractivity contribution in [2.45, 2.75) is 4.90 Å². The lowest BCUT2D eigenvalue weighted by Gasteiger charge is -2.05. The molecule has 7 nitrogen and oxygen atoms in total. The smallest absolute Gasteiger partial charge is 0.294 e. The second-order valence-electron chi connectivity index (χ2n) is 4.07. The van der Waals surface area contributed by atoms with Crippen molar-refractivity contribution in [1.82, 2.24) is 0 Å². The van der Waals surface area contributed by atoms with Gasteiger partial charge in [-0.05, 0) is 36.4 Å². The SMILES string of the molecule is COc1c(N)cccc1N=Nc1ccc(S(=O)(=O)O)cc1. The number of benzene rings is 2. The average Bonchev–Trinajstić information content (AvgIpc) is 2.44. The third-order valence-corrected chi connectivity index (χ3v) is 3.50. The highest BCUT2D eigenvalue weighted by Gasteiger charge is 2.08. The second kappa shape index (κ2) is 5.90. The Balaban J connectivity index is 2.28. The minimum absolute atomic E-state index is 0.206. The molecule has 8 heteroatoms. The predicted molar refractivity (Wildman–Crippen MR) is 77.8 cm³/mol. The number of nitrogens with zero attached hydrogens (tertiary/aromatic N) is 2. The molecule has 0 atom stereocenters. The van der Waals surface area contributed by atoms with Crippen LogP contribution in [0.3, 0.4) is 0 Å². The standard InChI is InChI=1S/C13H13N3O4S/c1-20-13-11(14)3-2-4-12(13)16-15-9-5-7-10(8-6-9)21(17,18)19/h2-8H,14H2,1H3,(H,17,18,19). The van der Waals surface area contributed by atoms with Gasteiger partial charge in [0.2, 0.25) is 0 Å². The summed E-state index contributed by atoms with van der Waals surface area (Å²) in [6.45, 7) is 0. The van der Waals surface area contributed by atoms with Gasteiger partial charge < -0.3 is 10.5 Å². The van der Waals surface area contributed by atoms with Crippen LogP contribution in [0.4, 0.5) is 17.1 Å². The molecule has 0 unspecified atom stereocenters. The van der Waals surface area contributed by atoms with Gasteiger partial charge in [-0.25, -0.2) is 0 Å². The highest BCUT2D eigenvalue weighted by atomic mass is 32.2. The Morgan fingerprint density at radius 1 is 1.10 bits per heavy atom. The van der Waals surface area contributed by atoms with Crippen LogP contribution in [0, 0.1) is 0 Å². The number of hydrogen-bond donors (Lipinski definition) is 2. The lowest BCUT2D eigenvalue weighted by Crippen LogP contribution is -1.96. The van der Waals surface area contributed by atoms with E-state index in [1.54, 1.807) is 18.2 Å². The normalized spacial score (nSPS) is 11.7. The van der Waals surface area contributed by atoms with E-state index < -0.39 is 10.1 Å². The molecule has 3 N–H and O–H groups in total. The van der Waals surface area contributed by atoms with Gasteiger partial charge in [-0.3, -0.25) is 4.55 Å². The Hall–Kier alpha value is -2.45. The van der Waals surface area contributed by atoms with Gasteiger partial charge in [-0.2, -0.15) is 13.5 Å². The number of para-hydroxylation sites is 1. The van der Waals surface area contributed by atoms with Crippen LogP contribution in [0.25, 0.3) is 0 Å². The summed E-state index contributed by atoms with van der Waals surface area (Å²) in [6.07, 6.45) is 0. The molecule has 0 aliphatic carbocycles. The summed E-state index contributed by atoms with van der Waals surface area (Å²) in [5, 5.41) is 7.97. The zero-order valence-electron chi connectivity index (χ0n) is 11.1. The van der Waals surface area contributed by atoms with E-state index in [1.807, 2.05) is 0 Å². The van der Waals surface area contributed by atoms with E-state index in [2.05, 4.69) is 10.2 Å². The van der Waals surface area contributed by atoms with Crippen LogP contribution in [-0.4, -0.2) is 20.1 Å². The number of azo groups is 1. The Labute approximate surface area is 121 Å². The van der Waals surface area contributed by atoms with Crippen LogP contribution in [0.2, 0.25) is 0 Å². The van der Waals surface area contributed by atoms with E-state index in [9.17, 15) is 8.42 Å². The number of rotatable bonds is 4. The van der Waals surface area contributed by atoms with Crippen molar-refractivity contribution in [1.29, 1.82) is 0 Å². The van der Waals surface area contributed by atoms with Crippen molar-refractivity contribution in [2.75, 3.05) is 12.8 Å². The Bertz CT molecular complexity index is 771. The Morgan fingerprint density at radius 2 is 1.76 bits per heavy atom. The molecule has 0 aliphatic heterocycles. The van der Waals surface area contributed by atoms with Crippen molar-refractivity contribution in [3.63, 3.8) is 0 Å². The average molecular weight is 307 g/mol. The van der Waals surface area contributed by atoms with Gasteiger partial charge in [0.25, 0.3) is 10.1 Å². The third kappa shape index (κ3) is 3.56. The summed E-state index contributed by atoms with van der Waals surface area (Å²) in [7, 11) is -2.73. The maximum Gasteiger partial charge on any atom is 0.294 e. The van der Waals surface area contributed by atoms with Gasteiger partial charge in [-0.15, -0.1) is 5.11 Å². The van der Waals surface area contributed by atoms with Gasteiger partial charge >= 0.3 is 0 Å². The molecule has 0 radical (unpaired) electrons. The second-order valence-corrected chi connectivity index (χ2v) is 5.49. The molecule has 2 aromatic rings. The first-order valence-corrected chi connectivity index (χ1v) is 7.27. The van der Waals surface area contributed by atoms with Gasteiger partial charge in [0, 0.05) is 0 Å². The zero-order valence-corrected chi connectivity index (χ0v) is 11.9. The van der Waals surface area contributed by atoms with Crippen molar-refractivity contribution < 1.29 is 17.7 Å². The number of nitrogens with two attached hydrogens (primary N) is 1. The fourth-order valence-electron chi connectivity index (χ4n) is 1.64. The first kappa shape index (κ1) is 14.9. The molecule has 0 amide bonds. The van der Waals surface area contributed by atoms with Crippen LogP contribution in [-0.2, 0) is 10.1 Å². The van der Waals surface area contributed by atoms with E-state index in [0.717, 1.165) is 0 Å². The molecule has 110 valence electrons. The topological polar surface area (TPSA) is 114 Å². The quantitative estimate of drug-likeness (QED) is 0.512. The third-order valence-electron chi connectivity index (χ3n) is 2.64. The van der Waals surface area contributed by atoms with E-state index in [0.29, 0.717) is 22.8 Å². The molecule has 0 bridgehead atoms. The van der Waals surface area contributed by atoms with E-state index in [1.165, 1.54) is 31.4 Å². The van der Waals surface area contributed by atoms with Crippen molar-refractivity contribution in [3.8, 4) is 5.75 Å². The van der Waals surface area contributed by atoms with Crippen molar-refractivity contribution in [3.05, 3.63) is 42.5 Å². The Kier molecular flexibility index (Phi) is 4.20. The summed E-state index contributed by atoms with van der Waals surface area (Å²) >= 11 is 0. The molecule has 0 spiro atoms. The highest BCUT2D eigenvalue weighted by molar-refractivity contribution is 7.85. The first-order chi connectivity index (χ1) is 9.91. The summed E-state index contributed by atoms with van der Waals surface area (Å²) in [5.41, 5.74) is 7.07. The van der Waals surface area contributed by atoms with E-state index >= 15 is 0 Å². The van der Waals surface area contributed by atoms with Crippen LogP contribution < -0.4 is 10.5 Å². The summed E-state index contributed by atoms with van der Waals surface area (Å²) in [4.78, 5) is -0.206. The molecular weight excluding hydrogens is 294 g/mol. The van der Waals surface area contributed by atoms with Gasteiger partial charge in [0.05, 0.1) is 23.4 Å². The molecule has 0 aliphatic rings. The maximum absolute atomic E-state index is 10.9. The van der Waals surface area contributed by atoms with Crippen molar-refractivity contribution in [2.24, 2.45) is 10.2 Å². The van der Waals surface area contributed by atoms with Crippen molar-refractivity contribution >= 4 is 27.2 Å². The minimum Gasteiger partial charge on any atom is -0.492 e. The zero-order chi connectivity index (χ0) is 15.5. The summed E-state index contributed by atoms with van der Waals surface area (Å²) < 4.78 is 35.8. The highest BCUT2D eigenvalue weighted by Crippen LogP contribution is 2.34. The lowest BCUT2D eigenvalue weighted by molar-refractivity contribution is 0.418. The number of ether oxygens (including phenoxy) is 1. The molecule has 0 saturated heterocycles. The fourth-order valence-corrected chi connectivity index (χ4v) is 2.12. The summed E-state index contributed by atoms with van der Waals surface area (Å²) in [6, 6.07) is 10.4. The number of hydrogen-bond acceptors (Lipinski definition) is 6. The summed E-state index contributed by atoms with van der Waals surface area (Å²) in [5.74, 6) is 0.413. The molecule has 2 rings (SSSR count). The Morgan fingerprint density at radius 3 is 2.33 bits per heavy atom. The molecule has 0 fully saturated rings. The first-order valence-electron chi connectivity index (χ1n) is 5.83. The fraction of sp³-hybridized carbons (Fsp3) is 0.0769. The molecular formula is C13H13N3O4S. The number of anilines is 1. The van der Waals surface area contributed by atoms with Gasteiger partial charge in [-0.1, -0.05) is 6.07 Å². The van der Waals surface area contributed by atoms with Crippen LogP contribution >= 0.6 is 0 Å². The largest absolute Gasteiger partial charge is 0.492 e. The number of nitrogen functional groups attached to an aromatic ring is 1. The molecule has 21 heavy (non-hydrogen) atoms. The van der Waals surface area contributed by atoms with Crippen LogP contribution in [0.5, 0.6) is 5.75 Å².